The van der Waals surface area contributed by atoms with Gasteiger partial charge in [-0.2, -0.15) is 18.2 Å². The number of nitrogens with two attached hydrogens (primary N) is 1. The van der Waals surface area contributed by atoms with Gasteiger partial charge in [0.1, 0.15) is 12.4 Å². The first-order valence-electron chi connectivity index (χ1n) is 10.2. The van der Waals surface area contributed by atoms with Gasteiger partial charge < -0.3 is 15.2 Å². The van der Waals surface area contributed by atoms with Crippen LogP contribution >= 0.6 is 0 Å². The number of fused-ring (bicyclic) bond motifs is 4. The van der Waals surface area contributed by atoms with Crippen LogP contribution in [0.5, 0.6) is 11.6 Å². The molecule has 1 spiro atoms. The van der Waals surface area contributed by atoms with Crippen molar-refractivity contribution >= 4 is 6.02 Å². The number of aromatic nitrogens is 3. The molecule has 4 aromatic rings. The molecule has 0 amide bonds. The summed E-state index contributed by atoms with van der Waals surface area (Å²) in [5.41, 5.74) is 6.64. The Morgan fingerprint density at radius 3 is 2.47 bits per heavy atom. The van der Waals surface area contributed by atoms with Gasteiger partial charge >= 0.3 is 0 Å². The zero-order valence-electron chi connectivity index (χ0n) is 17.3. The molecule has 2 N–H and O–H groups in total. The molecule has 0 radical (unpaired) electrons. The van der Waals surface area contributed by atoms with Crippen molar-refractivity contribution in [3.05, 3.63) is 89.9 Å². The number of hydrogen-bond acceptors (Lipinski definition) is 7. The summed E-state index contributed by atoms with van der Waals surface area (Å²) < 4.78 is 54.5. The number of benzene rings is 1. The van der Waals surface area contributed by atoms with Crippen LogP contribution in [-0.4, -0.2) is 27.6 Å². The predicted octanol–water partition coefficient (Wildman–Crippen LogP) is 4.32. The maximum atomic E-state index is 15.0. The largest absolute Gasteiger partial charge is 0.462 e. The predicted molar refractivity (Wildman–Crippen MR) is 115 cm³/mol. The molecule has 7 nitrogen and oxygen atoms in total. The van der Waals surface area contributed by atoms with Crippen molar-refractivity contribution in [2.45, 2.75) is 5.54 Å². The number of amidine groups is 1. The Labute approximate surface area is 190 Å². The third kappa shape index (κ3) is 2.99. The summed E-state index contributed by atoms with van der Waals surface area (Å²) in [6.45, 7) is -0.0153. The highest BCUT2D eigenvalue weighted by Crippen LogP contribution is 2.52. The van der Waals surface area contributed by atoms with Crippen molar-refractivity contribution in [1.82, 2.24) is 15.0 Å². The Kier molecular flexibility index (Phi) is 4.31. The second kappa shape index (κ2) is 7.27. The molecule has 0 saturated heterocycles. The topological polar surface area (TPSA) is 95.5 Å². The third-order valence-electron chi connectivity index (χ3n) is 5.86. The second-order valence-electron chi connectivity index (χ2n) is 7.80. The zero-order valence-corrected chi connectivity index (χ0v) is 17.3. The summed E-state index contributed by atoms with van der Waals surface area (Å²) in [6, 6.07) is 12.2. The fraction of sp³-hybridized carbons (Fsp3) is 0.0833. The number of halogens is 3. The van der Waals surface area contributed by atoms with Crippen molar-refractivity contribution in [1.29, 1.82) is 0 Å². The Balaban J connectivity index is 1.58. The van der Waals surface area contributed by atoms with Crippen molar-refractivity contribution < 1.29 is 22.6 Å². The highest BCUT2D eigenvalue weighted by Gasteiger charge is 2.48. The first-order valence-corrected chi connectivity index (χ1v) is 10.2. The number of rotatable bonds is 2. The van der Waals surface area contributed by atoms with Gasteiger partial charge in [0.15, 0.2) is 5.54 Å². The van der Waals surface area contributed by atoms with E-state index in [1.807, 2.05) is 0 Å². The van der Waals surface area contributed by atoms with Crippen LogP contribution in [-0.2, 0) is 10.3 Å². The summed E-state index contributed by atoms with van der Waals surface area (Å²) in [5, 5.41) is 0. The molecule has 2 aliphatic rings. The summed E-state index contributed by atoms with van der Waals surface area (Å²) in [4.78, 5) is 15.7. The fourth-order valence-electron chi connectivity index (χ4n) is 4.29. The molecule has 5 heterocycles. The molecule has 0 aliphatic carbocycles. The molecule has 1 unspecified atom stereocenters. The molecule has 0 saturated carbocycles. The highest BCUT2D eigenvalue weighted by molar-refractivity contribution is 5.78. The molecule has 1 atom stereocenters. The maximum Gasteiger partial charge on any atom is 0.283 e. The second-order valence-corrected chi connectivity index (χ2v) is 7.80. The van der Waals surface area contributed by atoms with E-state index in [0.29, 0.717) is 22.4 Å². The van der Waals surface area contributed by atoms with Crippen LogP contribution < -0.4 is 10.5 Å². The van der Waals surface area contributed by atoms with Gasteiger partial charge in [-0.3, -0.25) is 0 Å². The molecular weight excluding hydrogens is 447 g/mol. The van der Waals surface area contributed by atoms with E-state index in [0.717, 1.165) is 6.07 Å². The minimum atomic E-state index is -1.23. The lowest BCUT2D eigenvalue weighted by molar-refractivity contribution is 0.261. The van der Waals surface area contributed by atoms with Gasteiger partial charge in [-0.15, -0.1) is 0 Å². The van der Waals surface area contributed by atoms with Crippen molar-refractivity contribution in [3.8, 4) is 33.9 Å². The minimum absolute atomic E-state index is 0.0153. The van der Waals surface area contributed by atoms with Crippen LogP contribution in [0.25, 0.3) is 22.3 Å². The first kappa shape index (κ1) is 20.2. The van der Waals surface area contributed by atoms with Crippen LogP contribution in [0.15, 0.2) is 65.9 Å². The number of hydrogen-bond donors (Lipinski definition) is 1. The van der Waals surface area contributed by atoms with E-state index >= 15 is 0 Å². The Morgan fingerprint density at radius 1 is 0.853 bits per heavy atom. The van der Waals surface area contributed by atoms with E-state index in [9.17, 15) is 13.2 Å². The van der Waals surface area contributed by atoms with E-state index in [4.69, 9.17) is 15.2 Å². The van der Waals surface area contributed by atoms with E-state index in [1.165, 1.54) is 24.5 Å². The van der Waals surface area contributed by atoms with Crippen LogP contribution in [0.2, 0.25) is 0 Å². The van der Waals surface area contributed by atoms with Gasteiger partial charge in [-0.1, -0.05) is 6.07 Å². The smallest absolute Gasteiger partial charge is 0.283 e. The molecule has 6 rings (SSSR count). The van der Waals surface area contributed by atoms with Crippen LogP contribution in [0.3, 0.4) is 0 Å². The van der Waals surface area contributed by atoms with Gasteiger partial charge in [-0.05, 0) is 47.5 Å². The van der Waals surface area contributed by atoms with Crippen LogP contribution in [0.1, 0.15) is 11.1 Å². The van der Waals surface area contributed by atoms with Crippen LogP contribution in [0.4, 0.5) is 13.2 Å². The summed E-state index contributed by atoms with van der Waals surface area (Å²) in [6.07, 6.45) is 2.59. The Bertz CT molecular complexity index is 1510. The molecule has 1 aromatic carbocycles. The monoisotopic (exact) mass is 461 g/mol. The SMILES string of the molecule is NC1=NC2(CO1)c1cc(-c3cccnc3F)ccc1Oc1nc(F)c(-c3ccnc(F)c3)cc12. The molecule has 34 heavy (non-hydrogen) atoms. The molecule has 0 bridgehead atoms. The summed E-state index contributed by atoms with van der Waals surface area (Å²) in [5.74, 6) is -1.93. The van der Waals surface area contributed by atoms with Crippen molar-refractivity contribution in [2.24, 2.45) is 10.7 Å². The lowest BCUT2D eigenvalue weighted by Crippen LogP contribution is -2.32. The van der Waals surface area contributed by atoms with E-state index < -0.39 is 23.4 Å². The lowest BCUT2D eigenvalue weighted by atomic mass is 9.80. The average molecular weight is 461 g/mol. The molecule has 3 aromatic heterocycles. The first-order chi connectivity index (χ1) is 16.4. The normalized spacial score (nSPS) is 18.0. The van der Waals surface area contributed by atoms with Gasteiger partial charge in [-0.25, -0.2) is 15.0 Å². The molecule has 0 fully saturated rings. The van der Waals surface area contributed by atoms with Crippen molar-refractivity contribution in [2.75, 3.05) is 6.61 Å². The molecule has 2 aliphatic heterocycles. The Hall–Kier alpha value is -4.47. The fourth-order valence-corrected chi connectivity index (χ4v) is 4.29. The number of ether oxygens (including phenoxy) is 2. The average Bonchev–Trinajstić information content (AvgIpc) is 3.21. The zero-order chi connectivity index (χ0) is 23.4. The molecule has 168 valence electrons. The molecule has 10 heteroatoms. The number of nitrogens with zero attached hydrogens (tertiary/aromatic N) is 4. The quantitative estimate of drug-likeness (QED) is 0.447. The minimum Gasteiger partial charge on any atom is -0.462 e. The lowest BCUT2D eigenvalue weighted by Gasteiger charge is -2.33. The summed E-state index contributed by atoms with van der Waals surface area (Å²) in [7, 11) is 0. The highest BCUT2D eigenvalue weighted by atomic mass is 19.1. The maximum absolute atomic E-state index is 15.0. The third-order valence-corrected chi connectivity index (χ3v) is 5.86. The van der Waals surface area contributed by atoms with E-state index in [2.05, 4.69) is 19.9 Å². The van der Waals surface area contributed by atoms with Crippen molar-refractivity contribution in [3.63, 3.8) is 0 Å². The Morgan fingerprint density at radius 2 is 1.71 bits per heavy atom. The van der Waals surface area contributed by atoms with Gasteiger partial charge in [0.2, 0.25) is 23.7 Å². The summed E-state index contributed by atoms with van der Waals surface area (Å²) >= 11 is 0. The number of pyridine rings is 3. The number of aliphatic imine (C=N–C) groups is 1. The van der Waals surface area contributed by atoms with E-state index in [-0.39, 0.29) is 35.2 Å². The van der Waals surface area contributed by atoms with Crippen LogP contribution in [0, 0.1) is 17.8 Å². The van der Waals surface area contributed by atoms with Gasteiger partial charge in [0.25, 0.3) is 6.02 Å². The standard InChI is InChI=1S/C24H14F3N5O2/c25-19-9-13(5-7-29-19)15-10-17-22(31-21(15)27)34-18-4-3-12(14-2-1-6-30-20(14)26)8-16(18)24(17)11-33-23(28)32-24/h1-10H,11H2,(H2,28,32). The van der Waals surface area contributed by atoms with Gasteiger partial charge in [0, 0.05) is 35.2 Å². The molecular formula is C24H14F3N5O2. The van der Waals surface area contributed by atoms with E-state index in [1.54, 1.807) is 30.3 Å². The van der Waals surface area contributed by atoms with Gasteiger partial charge in [0.05, 0.1) is 5.56 Å².